The Morgan fingerprint density at radius 1 is 1.35 bits per heavy atom. The first-order valence-electron chi connectivity index (χ1n) is 6.14. The molecule has 0 bridgehead atoms. The average Bonchev–Trinajstić information content (AvgIpc) is 2.66. The molecule has 0 saturated carbocycles. The predicted octanol–water partition coefficient (Wildman–Crippen LogP) is 3.99. The van der Waals surface area contributed by atoms with Gasteiger partial charge in [0, 0.05) is 34.2 Å². The number of rotatable bonds is 4. The Kier molecular flexibility index (Phi) is 3.75. The molecule has 2 nitrogen and oxygen atoms in total. The van der Waals surface area contributed by atoms with Crippen LogP contribution in [0.5, 0.6) is 0 Å². The maximum Gasteiger partial charge on any atom is 0.0500 e. The highest BCUT2D eigenvalue weighted by molar-refractivity contribution is 6.35. The Labute approximate surface area is 108 Å². The number of benzene rings is 1. The summed E-state index contributed by atoms with van der Waals surface area (Å²) in [5.41, 5.74) is 2.52. The number of fused-ring (bicyclic) bond motifs is 1. The summed E-state index contributed by atoms with van der Waals surface area (Å²) in [5, 5.41) is 5.36. The van der Waals surface area contributed by atoms with Gasteiger partial charge in [-0.15, -0.1) is 0 Å². The quantitative estimate of drug-likeness (QED) is 0.869. The molecule has 92 valence electrons. The van der Waals surface area contributed by atoms with Gasteiger partial charge in [0.1, 0.15) is 0 Å². The second kappa shape index (κ2) is 5.11. The molecular weight excluding hydrogens is 232 g/mol. The van der Waals surface area contributed by atoms with Crippen LogP contribution in [0.15, 0.2) is 24.3 Å². The summed E-state index contributed by atoms with van der Waals surface area (Å²) < 4.78 is 2.35. The highest BCUT2D eigenvalue weighted by Crippen LogP contribution is 2.29. The number of hydrogen-bond acceptors (Lipinski definition) is 1. The summed E-state index contributed by atoms with van der Waals surface area (Å²) in [6.45, 7) is 8.40. The molecule has 1 N–H and O–H groups in total. The smallest absolute Gasteiger partial charge is 0.0500 e. The first-order chi connectivity index (χ1) is 8.15. The fourth-order valence-corrected chi connectivity index (χ4v) is 2.49. The van der Waals surface area contributed by atoms with E-state index in [2.05, 4.69) is 42.8 Å². The summed E-state index contributed by atoms with van der Waals surface area (Å²) >= 11 is 6.25. The van der Waals surface area contributed by atoms with Crippen molar-refractivity contribution in [2.24, 2.45) is 0 Å². The monoisotopic (exact) mass is 250 g/mol. The van der Waals surface area contributed by atoms with Crippen molar-refractivity contribution < 1.29 is 0 Å². The minimum atomic E-state index is 0.444. The molecule has 0 radical (unpaired) electrons. The van der Waals surface area contributed by atoms with Gasteiger partial charge in [-0.3, -0.25) is 0 Å². The fraction of sp³-hybridized carbons (Fsp3) is 0.429. The highest BCUT2D eigenvalue weighted by atomic mass is 35.5. The van der Waals surface area contributed by atoms with E-state index < -0.39 is 0 Å². The number of nitrogens with one attached hydrogen (secondary N) is 1. The highest BCUT2D eigenvalue weighted by Gasteiger charge is 2.12. The van der Waals surface area contributed by atoms with Gasteiger partial charge in [0.25, 0.3) is 0 Å². The van der Waals surface area contributed by atoms with Crippen LogP contribution >= 0.6 is 11.6 Å². The zero-order valence-corrected chi connectivity index (χ0v) is 11.4. The third-order valence-electron chi connectivity index (χ3n) is 2.98. The Morgan fingerprint density at radius 3 is 2.76 bits per heavy atom. The number of aromatic nitrogens is 1. The largest absolute Gasteiger partial charge is 0.341 e. The van der Waals surface area contributed by atoms with Crippen molar-refractivity contribution >= 4 is 22.5 Å². The van der Waals surface area contributed by atoms with Gasteiger partial charge in [-0.2, -0.15) is 0 Å². The van der Waals surface area contributed by atoms with Crippen molar-refractivity contribution in [1.82, 2.24) is 9.88 Å². The Morgan fingerprint density at radius 2 is 2.12 bits per heavy atom. The number of hydrogen-bond donors (Lipinski definition) is 1. The molecule has 3 heteroatoms. The third kappa shape index (κ3) is 2.33. The molecule has 0 unspecified atom stereocenters. The molecule has 1 heterocycles. The second-order valence-corrected chi connectivity index (χ2v) is 4.96. The molecule has 0 atom stereocenters. The van der Waals surface area contributed by atoms with Crippen molar-refractivity contribution in [3.05, 3.63) is 35.0 Å². The molecule has 1 aromatic carbocycles. The minimum absolute atomic E-state index is 0.444. The molecule has 0 aliphatic carbocycles. The molecule has 2 aromatic rings. The van der Waals surface area contributed by atoms with Crippen LogP contribution in [0.2, 0.25) is 5.02 Å². The van der Waals surface area contributed by atoms with Crippen LogP contribution in [0.4, 0.5) is 0 Å². The summed E-state index contributed by atoms with van der Waals surface area (Å²) in [4.78, 5) is 0. The van der Waals surface area contributed by atoms with E-state index in [4.69, 9.17) is 11.6 Å². The van der Waals surface area contributed by atoms with E-state index in [1.165, 1.54) is 11.2 Å². The van der Waals surface area contributed by atoms with E-state index in [1.54, 1.807) is 0 Å². The Bertz CT molecular complexity index is 514. The molecule has 0 spiro atoms. The summed E-state index contributed by atoms with van der Waals surface area (Å²) in [7, 11) is 0. The lowest BCUT2D eigenvalue weighted by molar-refractivity contribution is 0.572. The summed E-state index contributed by atoms with van der Waals surface area (Å²) in [6.07, 6.45) is 0. The van der Waals surface area contributed by atoms with Crippen LogP contribution in [0.1, 0.15) is 32.5 Å². The van der Waals surface area contributed by atoms with E-state index in [1.807, 2.05) is 12.1 Å². The lowest BCUT2D eigenvalue weighted by atomic mass is 10.2. The maximum atomic E-state index is 6.25. The molecule has 0 aliphatic heterocycles. The second-order valence-electron chi connectivity index (χ2n) is 4.55. The van der Waals surface area contributed by atoms with Crippen LogP contribution in [-0.2, 0) is 6.54 Å². The summed E-state index contributed by atoms with van der Waals surface area (Å²) in [6, 6.07) is 8.74. The first kappa shape index (κ1) is 12.5. The van der Waals surface area contributed by atoms with Crippen molar-refractivity contribution in [2.45, 2.75) is 33.4 Å². The van der Waals surface area contributed by atoms with Crippen LogP contribution < -0.4 is 5.32 Å². The van der Waals surface area contributed by atoms with Gasteiger partial charge in [0.05, 0.1) is 0 Å². The number of nitrogens with zero attached hydrogens (tertiary/aromatic N) is 1. The molecule has 0 saturated heterocycles. The molecular formula is C14H19ClN2. The lowest BCUT2D eigenvalue weighted by Gasteiger charge is -2.14. The molecule has 2 rings (SSSR count). The van der Waals surface area contributed by atoms with Crippen molar-refractivity contribution in [3.8, 4) is 0 Å². The Balaban J connectivity index is 2.58. The van der Waals surface area contributed by atoms with Gasteiger partial charge in [0.2, 0.25) is 0 Å². The zero-order valence-electron chi connectivity index (χ0n) is 10.6. The topological polar surface area (TPSA) is 17.0 Å². The average molecular weight is 251 g/mol. The van der Waals surface area contributed by atoms with Crippen LogP contribution in [-0.4, -0.2) is 11.1 Å². The van der Waals surface area contributed by atoms with E-state index in [-0.39, 0.29) is 0 Å². The first-order valence-corrected chi connectivity index (χ1v) is 6.52. The molecule has 17 heavy (non-hydrogen) atoms. The maximum absolute atomic E-state index is 6.25. The van der Waals surface area contributed by atoms with Crippen LogP contribution in [0.3, 0.4) is 0 Å². The molecule has 0 fully saturated rings. The standard InChI is InChI=1S/C14H19ClN2/c1-4-16-9-11-8-12-13(15)6-5-7-14(12)17(11)10(2)3/h5-8,10,16H,4,9H2,1-3H3. The van der Waals surface area contributed by atoms with Gasteiger partial charge in [-0.25, -0.2) is 0 Å². The van der Waals surface area contributed by atoms with Crippen molar-refractivity contribution in [1.29, 1.82) is 0 Å². The van der Waals surface area contributed by atoms with E-state index in [0.717, 1.165) is 23.5 Å². The minimum Gasteiger partial charge on any atom is -0.341 e. The van der Waals surface area contributed by atoms with Gasteiger partial charge in [0.15, 0.2) is 0 Å². The van der Waals surface area contributed by atoms with Crippen LogP contribution in [0.25, 0.3) is 10.9 Å². The van der Waals surface area contributed by atoms with Gasteiger partial charge in [-0.1, -0.05) is 24.6 Å². The zero-order chi connectivity index (χ0) is 12.4. The van der Waals surface area contributed by atoms with E-state index >= 15 is 0 Å². The van der Waals surface area contributed by atoms with Crippen molar-refractivity contribution in [2.75, 3.05) is 6.54 Å². The predicted molar refractivity (Wildman–Crippen MR) is 74.7 cm³/mol. The van der Waals surface area contributed by atoms with Gasteiger partial charge < -0.3 is 9.88 Å². The molecule has 0 amide bonds. The molecule has 1 aromatic heterocycles. The molecule has 0 aliphatic rings. The Hall–Kier alpha value is -0.990. The van der Waals surface area contributed by atoms with Gasteiger partial charge >= 0.3 is 0 Å². The van der Waals surface area contributed by atoms with E-state index in [0.29, 0.717) is 6.04 Å². The van der Waals surface area contributed by atoms with E-state index in [9.17, 15) is 0 Å². The third-order valence-corrected chi connectivity index (χ3v) is 3.31. The lowest BCUT2D eigenvalue weighted by Crippen LogP contribution is -2.16. The van der Waals surface area contributed by atoms with Crippen LogP contribution in [0, 0.1) is 0 Å². The normalized spacial score (nSPS) is 11.6. The summed E-state index contributed by atoms with van der Waals surface area (Å²) in [5.74, 6) is 0. The number of halogens is 1. The SMILES string of the molecule is CCNCc1cc2c(Cl)cccc2n1C(C)C. The van der Waals surface area contributed by atoms with Gasteiger partial charge in [-0.05, 0) is 38.6 Å². The van der Waals surface area contributed by atoms with Crippen molar-refractivity contribution in [3.63, 3.8) is 0 Å². The fourth-order valence-electron chi connectivity index (χ4n) is 2.27.